The molecule has 0 fully saturated rings. The van der Waals surface area contributed by atoms with Crippen LogP contribution in [0.2, 0.25) is 0 Å². The number of amides is 2. The number of fused-ring (bicyclic) bond motifs is 1. The summed E-state index contributed by atoms with van der Waals surface area (Å²) in [5.74, 6) is 0.562. The van der Waals surface area contributed by atoms with Crippen molar-refractivity contribution < 1.29 is 27.8 Å². The number of nitrogens with zero attached hydrogens (tertiary/aromatic N) is 3. The third-order valence-electron chi connectivity index (χ3n) is 6.15. The molecule has 0 atom stereocenters. The molecule has 13 heteroatoms. The number of aromatic nitrogens is 3. The van der Waals surface area contributed by atoms with Crippen LogP contribution in [0.1, 0.15) is 12.8 Å². The molecule has 0 saturated heterocycles. The molecule has 2 heterocycles. The lowest BCUT2D eigenvalue weighted by molar-refractivity contribution is -0.0884. The van der Waals surface area contributed by atoms with Crippen molar-refractivity contribution in [3.05, 3.63) is 102 Å². The highest BCUT2D eigenvalue weighted by atomic mass is 19.4. The minimum absolute atomic E-state index is 0.0480. The Labute approximate surface area is 245 Å². The van der Waals surface area contributed by atoms with Gasteiger partial charge in [0.25, 0.3) is 0 Å². The molecular weight excluding hydrogens is 563 g/mol. The monoisotopic (exact) mass is 593 g/mol. The topological polar surface area (TPSA) is 137 Å². The number of rotatable bonds is 12. The lowest BCUT2D eigenvalue weighted by Crippen LogP contribution is -2.30. The highest BCUT2D eigenvalue weighted by molar-refractivity contribution is 5.91. The van der Waals surface area contributed by atoms with E-state index in [4.69, 9.17) is 20.2 Å². The maximum Gasteiger partial charge on any atom is 0.416 e. The summed E-state index contributed by atoms with van der Waals surface area (Å²) in [5, 5.41) is 24.7. The summed E-state index contributed by atoms with van der Waals surface area (Å²) in [6, 6.07) is 6.04. The van der Waals surface area contributed by atoms with Crippen molar-refractivity contribution in [1.29, 1.82) is 5.41 Å². The summed E-state index contributed by atoms with van der Waals surface area (Å²) in [7, 11) is 0. The number of ether oxygens (including phenoxy) is 1. The van der Waals surface area contributed by atoms with Crippen molar-refractivity contribution in [1.82, 2.24) is 19.7 Å². The lowest BCUT2D eigenvalue weighted by atomic mass is 10.1. The van der Waals surface area contributed by atoms with Crippen molar-refractivity contribution in [2.24, 2.45) is 0 Å². The van der Waals surface area contributed by atoms with E-state index in [1.165, 1.54) is 12.3 Å². The van der Waals surface area contributed by atoms with Crippen LogP contribution in [0.25, 0.3) is 16.9 Å². The fourth-order valence-electron chi connectivity index (χ4n) is 4.09. The summed E-state index contributed by atoms with van der Waals surface area (Å²) < 4.78 is 47.8. The number of hydrogen-bond acceptors (Lipinski definition) is 7. The van der Waals surface area contributed by atoms with Crippen LogP contribution in [-0.2, 0) is 4.74 Å². The first-order valence-corrected chi connectivity index (χ1v) is 13.2. The quantitative estimate of drug-likeness (QED) is 0.103. The van der Waals surface area contributed by atoms with Crippen LogP contribution in [-0.4, -0.2) is 57.7 Å². The first-order chi connectivity index (χ1) is 20.7. The number of carbonyl (C=O) groups excluding carboxylic acids is 1. The molecule has 10 nitrogen and oxygen atoms in total. The molecule has 0 aliphatic heterocycles. The minimum atomic E-state index is -4.62. The molecule has 1 aliphatic rings. The second kappa shape index (κ2) is 14.1. The Balaban J connectivity index is 1.55. The number of nitrogens with one attached hydrogen (secondary N) is 4. The smallest absolute Gasteiger partial charge is 0.416 e. The molecule has 0 radical (unpaired) electrons. The Bertz CT molecular complexity index is 1620. The third-order valence-corrected chi connectivity index (χ3v) is 6.15. The number of urea groups is 1. The molecule has 4 rings (SSSR count). The van der Waals surface area contributed by atoms with Gasteiger partial charge in [0.2, 0.25) is 0 Å². The Morgan fingerprint density at radius 1 is 1.26 bits per heavy atom. The van der Waals surface area contributed by atoms with Crippen LogP contribution in [0.5, 0.6) is 0 Å². The summed E-state index contributed by atoms with van der Waals surface area (Å²) in [5.41, 5.74) is 1.87. The van der Waals surface area contributed by atoms with Crippen LogP contribution >= 0.6 is 0 Å². The summed E-state index contributed by atoms with van der Waals surface area (Å²) in [4.78, 5) is 22.0. The third kappa shape index (κ3) is 8.20. The summed E-state index contributed by atoms with van der Waals surface area (Å²) in [6.45, 7) is 4.02. The Kier molecular flexibility index (Phi) is 10.1. The molecule has 2 aromatic heterocycles. The normalized spacial score (nSPS) is 13.8. The van der Waals surface area contributed by atoms with Crippen LogP contribution < -0.4 is 16.0 Å². The van der Waals surface area contributed by atoms with Crippen LogP contribution in [0.15, 0.2) is 102 Å². The zero-order valence-corrected chi connectivity index (χ0v) is 23.0. The predicted octanol–water partition coefficient (Wildman–Crippen LogP) is 5.75. The molecule has 224 valence electrons. The van der Waals surface area contributed by atoms with Crippen LogP contribution in [0.3, 0.4) is 0 Å². The highest BCUT2D eigenvalue weighted by Crippen LogP contribution is 2.31. The van der Waals surface area contributed by atoms with E-state index in [1.807, 2.05) is 0 Å². The molecule has 2 amide bonds. The standard InChI is InChI=1S/C30H30F3N7O3/c1-2-20(10-11-34)18-36-27-28-35-12-13-40(28)19-25(38-27)21-6-3-8-23(16-21)37-29(42)39-24-17-22(30(31,32)33)7-4-9-26(24)43-15-5-14-41/h2-3,6-13,16-17,19,34,41H,1,4-5,14-15,18H2,(H,36,38)(H2,37,39,42)/b20-10+,34-11?. The maximum atomic E-state index is 13.5. The first-order valence-electron chi connectivity index (χ1n) is 13.2. The number of aliphatic hydroxyl groups excluding tert-OH is 1. The lowest BCUT2D eigenvalue weighted by Gasteiger charge is -2.16. The molecule has 43 heavy (non-hydrogen) atoms. The van der Waals surface area contributed by atoms with Gasteiger partial charge in [-0.25, -0.2) is 14.8 Å². The van der Waals surface area contributed by atoms with Gasteiger partial charge in [0, 0.05) is 55.6 Å². The van der Waals surface area contributed by atoms with Gasteiger partial charge in [0.15, 0.2) is 11.5 Å². The molecule has 5 N–H and O–H groups in total. The van der Waals surface area contributed by atoms with Crippen LogP contribution in [0.4, 0.5) is 29.5 Å². The van der Waals surface area contributed by atoms with E-state index in [0.717, 1.165) is 17.7 Å². The van der Waals surface area contributed by atoms with Crippen molar-refractivity contribution >= 4 is 29.4 Å². The predicted molar refractivity (Wildman–Crippen MR) is 159 cm³/mol. The minimum Gasteiger partial charge on any atom is -0.492 e. The van der Waals surface area contributed by atoms with Gasteiger partial charge in [-0.15, -0.1) is 0 Å². The molecule has 0 spiro atoms. The van der Waals surface area contributed by atoms with E-state index >= 15 is 0 Å². The van der Waals surface area contributed by atoms with Gasteiger partial charge >= 0.3 is 12.2 Å². The van der Waals surface area contributed by atoms with Crippen molar-refractivity contribution in [3.63, 3.8) is 0 Å². The largest absolute Gasteiger partial charge is 0.492 e. The first kappa shape index (κ1) is 30.8. The number of aliphatic hydroxyl groups is 1. The van der Waals surface area contributed by atoms with Gasteiger partial charge in [0.1, 0.15) is 5.76 Å². The zero-order valence-electron chi connectivity index (χ0n) is 23.0. The molecule has 0 unspecified atom stereocenters. The zero-order chi connectivity index (χ0) is 30.8. The van der Waals surface area contributed by atoms with E-state index in [2.05, 4.69) is 27.5 Å². The second-order valence-corrected chi connectivity index (χ2v) is 9.20. The summed E-state index contributed by atoms with van der Waals surface area (Å²) >= 11 is 0. The number of benzene rings is 1. The number of carbonyl (C=O) groups is 1. The molecular formula is C30H30F3N7O3. The SMILES string of the molecule is C=C/C(=C\C=N)CNc1nc(-c2cccc(NC(=O)NC3=CC(C(F)(F)F)=CCC=C3OCCCO)c2)cn2ccnc12. The Morgan fingerprint density at radius 2 is 2.09 bits per heavy atom. The number of alkyl halides is 3. The molecule has 3 aromatic rings. The van der Waals surface area contributed by atoms with Gasteiger partial charge < -0.3 is 35.6 Å². The number of anilines is 2. The van der Waals surface area contributed by atoms with Gasteiger partial charge in [-0.05, 0) is 42.4 Å². The van der Waals surface area contributed by atoms with Gasteiger partial charge in [-0.2, -0.15) is 13.2 Å². The number of hydrogen-bond donors (Lipinski definition) is 5. The summed E-state index contributed by atoms with van der Waals surface area (Å²) in [6.07, 6.45) is 8.45. The maximum absolute atomic E-state index is 13.5. The fraction of sp³-hybridized carbons (Fsp3) is 0.200. The average Bonchev–Trinajstić information content (AvgIpc) is 3.36. The fourth-order valence-corrected chi connectivity index (χ4v) is 4.09. The molecule has 0 saturated carbocycles. The van der Waals surface area contributed by atoms with Crippen molar-refractivity contribution in [3.8, 4) is 11.3 Å². The van der Waals surface area contributed by atoms with Gasteiger partial charge in [-0.1, -0.05) is 30.9 Å². The number of halogens is 3. The van der Waals surface area contributed by atoms with E-state index in [0.29, 0.717) is 35.0 Å². The number of allylic oxidation sites excluding steroid dienone is 5. The second-order valence-electron chi connectivity index (χ2n) is 9.20. The van der Waals surface area contributed by atoms with E-state index in [-0.39, 0.29) is 37.5 Å². The van der Waals surface area contributed by atoms with E-state index in [1.54, 1.807) is 59.4 Å². The van der Waals surface area contributed by atoms with E-state index in [9.17, 15) is 18.0 Å². The highest BCUT2D eigenvalue weighted by Gasteiger charge is 2.33. The molecule has 1 aromatic carbocycles. The average molecular weight is 594 g/mol. The Hall–Kier alpha value is -5.17. The van der Waals surface area contributed by atoms with Gasteiger partial charge in [0.05, 0.1) is 23.6 Å². The van der Waals surface area contributed by atoms with E-state index < -0.39 is 17.8 Å². The van der Waals surface area contributed by atoms with Gasteiger partial charge in [-0.3, -0.25) is 0 Å². The molecule has 1 aliphatic carbocycles. The van der Waals surface area contributed by atoms with Crippen molar-refractivity contribution in [2.75, 3.05) is 30.4 Å². The van der Waals surface area contributed by atoms with Crippen LogP contribution in [0, 0.1) is 5.41 Å². The number of imidazole rings is 1. The molecule has 0 bridgehead atoms. The van der Waals surface area contributed by atoms with Crippen molar-refractivity contribution in [2.45, 2.75) is 19.0 Å². The Morgan fingerprint density at radius 3 is 2.84 bits per heavy atom.